The summed E-state index contributed by atoms with van der Waals surface area (Å²) in [5.74, 6) is 0.790. The summed E-state index contributed by atoms with van der Waals surface area (Å²) in [6, 6.07) is 7.19. The van der Waals surface area contributed by atoms with Gasteiger partial charge < -0.3 is 9.82 Å². The lowest BCUT2D eigenvalue weighted by Gasteiger charge is -1.99. The van der Waals surface area contributed by atoms with Crippen molar-refractivity contribution in [1.29, 1.82) is 0 Å². The fourth-order valence-corrected chi connectivity index (χ4v) is 0.973. The van der Waals surface area contributed by atoms with Gasteiger partial charge in [-0.15, -0.1) is 0 Å². The number of hydrogen-bond donors (Lipinski definition) is 1. The van der Waals surface area contributed by atoms with Crippen LogP contribution in [0.3, 0.4) is 0 Å². The highest BCUT2D eigenvalue weighted by atomic mass is 31.1. The van der Waals surface area contributed by atoms with Gasteiger partial charge in [-0.2, -0.15) is 0 Å². The number of hydrogen-bond acceptors (Lipinski definition) is 2. The Morgan fingerprint density at radius 2 is 2.00 bits per heavy atom. The largest absolute Gasteiger partial charge is 0.497 e. The molecule has 0 aliphatic carbocycles. The van der Waals surface area contributed by atoms with Crippen LogP contribution in [0.25, 0.3) is 0 Å². The maximum Gasteiger partial charge on any atom is 0.279 e. The molecule has 11 heavy (non-hydrogen) atoms. The number of rotatable bonds is 3. The molecule has 0 saturated carbocycles. The molecule has 58 valence electrons. The highest BCUT2D eigenvalue weighted by Gasteiger charge is 1.90. The highest BCUT2D eigenvalue weighted by molar-refractivity contribution is 7.25. The molecule has 0 unspecified atom stereocenters. The Hall–Kier alpha value is -1.08. The van der Waals surface area contributed by atoms with Crippen LogP contribution >= 0.6 is 8.61 Å². The molecule has 0 aliphatic heterocycles. The molecule has 0 heterocycles. The van der Waals surface area contributed by atoms with Gasteiger partial charge in [-0.3, -0.25) is 0 Å². The molecule has 0 bridgehead atoms. The molecule has 1 aromatic rings. The second-order valence-electron chi connectivity index (χ2n) is 1.93. The van der Waals surface area contributed by atoms with Crippen molar-refractivity contribution in [2.45, 2.75) is 0 Å². The summed E-state index contributed by atoms with van der Waals surface area (Å²) in [5, 5.41) is 2.62. The fourth-order valence-electron chi connectivity index (χ4n) is 0.718. The lowest BCUT2D eigenvalue weighted by atomic mass is 10.3. The van der Waals surface area contributed by atoms with Gasteiger partial charge in [0.1, 0.15) is 5.75 Å². The number of methoxy groups -OCH3 is 1. The molecular formula is C7H8NO2P. The van der Waals surface area contributed by atoms with E-state index in [9.17, 15) is 4.57 Å². The van der Waals surface area contributed by atoms with Crippen molar-refractivity contribution < 1.29 is 9.30 Å². The minimum absolute atomic E-state index is 0.0904. The Morgan fingerprint density at radius 1 is 1.36 bits per heavy atom. The number of benzene rings is 1. The normalized spacial score (nSPS) is 9.55. The van der Waals surface area contributed by atoms with Crippen LogP contribution in [0.2, 0.25) is 0 Å². The standard InChI is InChI=1S/C7H8NO2P/c1-10-7-4-2-6(3-5-7)8-11-9/h2-5H,1H3,(H,8,9). The average molecular weight is 169 g/mol. The van der Waals surface area contributed by atoms with Gasteiger partial charge in [0.2, 0.25) is 0 Å². The third kappa shape index (κ3) is 2.20. The molecule has 0 spiro atoms. The zero-order chi connectivity index (χ0) is 8.10. The van der Waals surface area contributed by atoms with E-state index in [0.717, 1.165) is 11.4 Å². The SMILES string of the molecule is COc1ccc(NP=O)cc1. The first kappa shape index (κ1) is 8.02. The quantitative estimate of drug-likeness (QED) is 0.705. The van der Waals surface area contributed by atoms with Gasteiger partial charge in [0, 0.05) is 5.69 Å². The third-order valence-corrected chi connectivity index (χ3v) is 1.61. The van der Waals surface area contributed by atoms with E-state index in [4.69, 9.17) is 4.74 Å². The average Bonchev–Trinajstić information content (AvgIpc) is 2.07. The van der Waals surface area contributed by atoms with E-state index in [1.807, 2.05) is 0 Å². The van der Waals surface area contributed by atoms with Crippen molar-refractivity contribution in [3.05, 3.63) is 24.3 Å². The third-order valence-electron chi connectivity index (χ3n) is 1.26. The minimum Gasteiger partial charge on any atom is -0.497 e. The van der Waals surface area contributed by atoms with Gasteiger partial charge in [-0.1, -0.05) is 0 Å². The molecular weight excluding hydrogens is 161 g/mol. The summed E-state index contributed by atoms with van der Waals surface area (Å²) in [6.45, 7) is 0. The molecule has 0 radical (unpaired) electrons. The van der Waals surface area contributed by atoms with E-state index in [2.05, 4.69) is 5.09 Å². The second kappa shape index (κ2) is 3.94. The van der Waals surface area contributed by atoms with Crippen molar-refractivity contribution in [2.24, 2.45) is 0 Å². The summed E-state index contributed by atoms with van der Waals surface area (Å²) in [6.07, 6.45) is 0. The Kier molecular flexibility index (Phi) is 2.87. The maximum absolute atomic E-state index is 10.1. The van der Waals surface area contributed by atoms with Crippen LogP contribution in [-0.2, 0) is 4.57 Å². The van der Waals surface area contributed by atoms with Crippen LogP contribution in [-0.4, -0.2) is 7.11 Å². The lowest BCUT2D eigenvalue weighted by molar-refractivity contribution is 0.415. The summed E-state index contributed by atoms with van der Waals surface area (Å²) < 4.78 is 15.0. The zero-order valence-electron chi connectivity index (χ0n) is 6.07. The van der Waals surface area contributed by atoms with Crippen molar-refractivity contribution in [3.8, 4) is 5.75 Å². The van der Waals surface area contributed by atoms with Crippen LogP contribution in [0.15, 0.2) is 24.3 Å². The van der Waals surface area contributed by atoms with Crippen molar-refractivity contribution in [1.82, 2.24) is 0 Å². The number of anilines is 1. The Morgan fingerprint density at radius 3 is 2.45 bits per heavy atom. The van der Waals surface area contributed by atoms with E-state index < -0.39 is 0 Å². The van der Waals surface area contributed by atoms with Gasteiger partial charge >= 0.3 is 0 Å². The Bertz CT molecular complexity index is 235. The minimum atomic E-state index is -0.0904. The van der Waals surface area contributed by atoms with Crippen LogP contribution in [0.1, 0.15) is 0 Å². The predicted octanol–water partition coefficient (Wildman–Crippen LogP) is 2.31. The summed E-state index contributed by atoms with van der Waals surface area (Å²) in [5.41, 5.74) is 0.808. The van der Waals surface area contributed by atoms with Gasteiger partial charge in [0.25, 0.3) is 8.61 Å². The van der Waals surface area contributed by atoms with E-state index >= 15 is 0 Å². The summed E-state index contributed by atoms with van der Waals surface area (Å²) >= 11 is 0. The summed E-state index contributed by atoms with van der Waals surface area (Å²) in [7, 11) is 1.52. The van der Waals surface area contributed by atoms with E-state index in [1.165, 1.54) is 0 Å². The molecule has 1 aromatic carbocycles. The molecule has 0 saturated heterocycles. The first-order valence-electron chi connectivity index (χ1n) is 3.09. The molecule has 3 nitrogen and oxygen atoms in total. The number of ether oxygens (including phenoxy) is 1. The monoisotopic (exact) mass is 169 g/mol. The number of nitrogens with one attached hydrogen (secondary N) is 1. The van der Waals surface area contributed by atoms with E-state index in [0.29, 0.717) is 0 Å². The molecule has 0 amide bonds. The molecule has 0 fully saturated rings. The van der Waals surface area contributed by atoms with E-state index in [-0.39, 0.29) is 8.61 Å². The first-order valence-corrected chi connectivity index (χ1v) is 3.90. The summed E-state index contributed by atoms with van der Waals surface area (Å²) in [4.78, 5) is 0. The van der Waals surface area contributed by atoms with Gasteiger partial charge in [-0.05, 0) is 24.3 Å². The predicted molar refractivity (Wildman–Crippen MR) is 44.2 cm³/mol. The van der Waals surface area contributed by atoms with Crippen LogP contribution in [0.4, 0.5) is 5.69 Å². The first-order chi connectivity index (χ1) is 5.36. The maximum atomic E-state index is 10.1. The smallest absolute Gasteiger partial charge is 0.279 e. The molecule has 1 rings (SSSR count). The van der Waals surface area contributed by atoms with Crippen molar-refractivity contribution in [3.63, 3.8) is 0 Å². The molecule has 0 aliphatic rings. The van der Waals surface area contributed by atoms with Crippen LogP contribution < -0.4 is 9.82 Å². The Balaban J connectivity index is 2.74. The van der Waals surface area contributed by atoms with E-state index in [1.54, 1.807) is 31.4 Å². The molecule has 0 atom stereocenters. The highest BCUT2D eigenvalue weighted by Crippen LogP contribution is 2.16. The van der Waals surface area contributed by atoms with Crippen molar-refractivity contribution in [2.75, 3.05) is 12.2 Å². The van der Waals surface area contributed by atoms with Crippen LogP contribution in [0, 0.1) is 0 Å². The lowest BCUT2D eigenvalue weighted by Crippen LogP contribution is -1.83. The van der Waals surface area contributed by atoms with Gasteiger partial charge in [0.15, 0.2) is 0 Å². The van der Waals surface area contributed by atoms with Crippen LogP contribution in [0.5, 0.6) is 5.75 Å². The topological polar surface area (TPSA) is 38.3 Å². The second-order valence-corrected chi connectivity index (χ2v) is 2.34. The van der Waals surface area contributed by atoms with Crippen molar-refractivity contribution >= 4 is 14.3 Å². The Labute approximate surface area is 66.6 Å². The van der Waals surface area contributed by atoms with Gasteiger partial charge in [-0.25, -0.2) is 4.57 Å². The molecule has 4 heteroatoms. The zero-order valence-corrected chi connectivity index (χ0v) is 6.97. The molecule has 0 aromatic heterocycles. The fraction of sp³-hybridized carbons (Fsp3) is 0.143. The molecule has 1 N–H and O–H groups in total. The van der Waals surface area contributed by atoms with Gasteiger partial charge in [0.05, 0.1) is 7.11 Å².